The summed E-state index contributed by atoms with van der Waals surface area (Å²) in [5.41, 5.74) is 0.997. The molecule has 1 aliphatic heterocycles. The van der Waals surface area contributed by atoms with Crippen LogP contribution < -0.4 is 4.74 Å². The number of hydrogen-bond donors (Lipinski definition) is 0. The van der Waals surface area contributed by atoms with E-state index in [1.54, 1.807) is 31.4 Å². The molecule has 0 amide bonds. The molecule has 3 unspecified atom stereocenters. The fraction of sp³-hybridized carbons (Fsp3) is 0.483. The Labute approximate surface area is 227 Å². The lowest BCUT2D eigenvalue weighted by molar-refractivity contribution is -0.0349. The molecule has 0 radical (unpaired) electrons. The van der Waals surface area contributed by atoms with Crippen molar-refractivity contribution in [2.45, 2.75) is 70.6 Å². The van der Waals surface area contributed by atoms with Crippen LogP contribution in [0.1, 0.15) is 56.0 Å². The Bertz CT molecular complexity index is 992. The minimum absolute atomic E-state index is 0.187. The lowest BCUT2D eigenvalue weighted by atomic mass is 9.87. The van der Waals surface area contributed by atoms with Crippen LogP contribution in [0, 0.1) is 5.92 Å². The SMILES string of the molecule is COc1ccc(CO[C@H](C)C/C=C(/F)C(OC(=O)c2ccccc2)C2CC(C)(C)OC2CCI)cc1. The van der Waals surface area contributed by atoms with E-state index in [0.717, 1.165) is 22.2 Å². The van der Waals surface area contributed by atoms with Crippen LogP contribution in [0.15, 0.2) is 66.5 Å². The van der Waals surface area contributed by atoms with Crippen molar-refractivity contribution in [2.75, 3.05) is 11.5 Å². The predicted octanol–water partition coefficient (Wildman–Crippen LogP) is 7.08. The van der Waals surface area contributed by atoms with Crippen molar-refractivity contribution in [2.24, 2.45) is 5.92 Å². The summed E-state index contributed by atoms with van der Waals surface area (Å²) in [6.07, 6.45) is 1.80. The van der Waals surface area contributed by atoms with Crippen LogP contribution in [0.2, 0.25) is 0 Å². The molecule has 1 heterocycles. The lowest BCUT2D eigenvalue weighted by Gasteiger charge is -2.26. The minimum atomic E-state index is -1.01. The molecule has 5 nitrogen and oxygen atoms in total. The molecule has 1 aliphatic rings. The van der Waals surface area contributed by atoms with Crippen LogP contribution in [0.4, 0.5) is 4.39 Å². The number of alkyl halides is 1. The molecule has 0 bridgehead atoms. The van der Waals surface area contributed by atoms with Crippen LogP contribution in [0.3, 0.4) is 0 Å². The molecule has 2 aromatic carbocycles. The molecule has 196 valence electrons. The fourth-order valence-corrected chi connectivity index (χ4v) is 5.07. The van der Waals surface area contributed by atoms with E-state index in [4.69, 9.17) is 18.9 Å². The van der Waals surface area contributed by atoms with Gasteiger partial charge in [0, 0.05) is 10.3 Å². The lowest BCUT2D eigenvalue weighted by Crippen LogP contribution is -2.33. The molecule has 0 spiro atoms. The van der Waals surface area contributed by atoms with Gasteiger partial charge in [0.1, 0.15) is 11.6 Å². The average Bonchev–Trinajstić information content (AvgIpc) is 3.18. The number of esters is 1. The number of halogens is 2. The first-order chi connectivity index (χ1) is 17.2. The molecule has 1 saturated heterocycles. The van der Waals surface area contributed by atoms with E-state index in [0.29, 0.717) is 25.0 Å². The molecule has 3 rings (SSSR count). The number of rotatable bonds is 12. The number of carbonyl (C=O) groups excluding carboxylic acids is 1. The molecular formula is C29H36FIO5. The second-order valence-corrected chi connectivity index (χ2v) is 10.8. The Morgan fingerprint density at radius 3 is 2.53 bits per heavy atom. The Kier molecular flexibility index (Phi) is 10.8. The van der Waals surface area contributed by atoms with Crippen molar-refractivity contribution in [3.8, 4) is 5.75 Å². The molecule has 0 aliphatic carbocycles. The second-order valence-electron chi connectivity index (χ2n) is 9.75. The topological polar surface area (TPSA) is 54.0 Å². The molecule has 0 N–H and O–H groups in total. The number of hydrogen-bond acceptors (Lipinski definition) is 5. The van der Waals surface area contributed by atoms with Gasteiger partial charge in [-0.2, -0.15) is 0 Å². The van der Waals surface area contributed by atoms with E-state index in [9.17, 15) is 4.79 Å². The van der Waals surface area contributed by atoms with Crippen LogP contribution in [0.25, 0.3) is 0 Å². The standard InChI is InChI=1S/C29H36FIO5/c1-20(34-19-21-11-13-23(33-4)14-12-21)10-15-25(30)27(35-28(32)22-8-6-5-7-9-22)24-18-29(2,3)36-26(24)16-17-31/h5-9,11-15,20,24,26-27H,10,16-19H2,1-4H3/b25-15+/t20-,24?,26?,27?/m1/s1. The maximum Gasteiger partial charge on any atom is 0.338 e. The summed E-state index contributed by atoms with van der Waals surface area (Å²) < 4.78 is 39.7. The van der Waals surface area contributed by atoms with Gasteiger partial charge in [-0.15, -0.1) is 0 Å². The first kappa shape index (κ1) is 28.6. The summed E-state index contributed by atoms with van der Waals surface area (Å²) in [6.45, 7) is 6.31. The maximum absolute atomic E-state index is 15.7. The normalized spacial score (nSPS) is 21.1. The van der Waals surface area contributed by atoms with E-state index < -0.39 is 23.5 Å². The molecule has 36 heavy (non-hydrogen) atoms. The van der Waals surface area contributed by atoms with Gasteiger partial charge in [-0.1, -0.05) is 52.9 Å². The highest BCUT2D eigenvalue weighted by Crippen LogP contribution is 2.41. The maximum atomic E-state index is 15.7. The monoisotopic (exact) mass is 610 g/mol. The third kappa shape index (κ3) is 8.28. The van der Waals surface area contributed by atoms with E-state index in [1.807, 2.05) is 51.1 Å². The number of carbonyl (C=O) groups is 1. The van der Waals surface area contributed by atoms with Crippen molar-refractivity contribution < 1.29 is 28.1 Å². The van der Waals surface area contributed by atoms with Crippen LogP contribution in [-0.2, 0) is 20.8 Å². The summed E-state index contributed by atoms with van der Waals surface area (Å²) in [5, 5.41) is 0. The first-order valence-corrected chi connectivity index (χ1v) is 13.8. The zero-order valence-corrected chi connectivity index (χ0v) is 23.6. The Hall–Kier alpha value is -1.97. The molecule has 7 heteroatoms. The highest BCUT2D eigenvalue weighted by Gasteiger charge is 2.46. The van der Waals surface area contributed by atoms with Gasteiger partial charge in [0.15, 0.2) is 6.10 Å². The van der Waals surface area contributed by atoms with E-state index in [2.05, 4.69) is 22.6 Å². The highest BCUT2D eigenvalue weighted by atomic mass is 127. The smallest absolute Gasteiger partial charge is 0.338 e. The Morgan fingerprint density at radius 2 is 1.89 bits per heavy atom. The molecule has 4 atom stereocenters. The van der Waals surface area contributed by atoms with E-state index in [-0.39, 0.29) is 18.1 Å². The van der Waals surface area contributed by atoms with Gasteiger partial charge < -0.3 is 18.9 Å². The number of benzene rings is 2. The largest absolute Gasteiger partial charge is 0.497 e. The summed E-state index contributed by atoms with van der Waals surface area (Å²) in [4.78, 5) is 12.9. The average molecular weight is 611 g/mol. The Morgan fingerprint density at radius 1 is 1.19 bits per heavy atom. The molecule has 1 fully saturated rings. The van der Waals surface area contributed by atoms with E-state index in [1.165, 1.54) is 6.08 Å². The van der Waals surface area contributed by atoms with Crippen molar-refractivity contribution in [1.29, 1.82) is 0 Å². The highest BCUT2D eigenvalue weighted by molar-refractivity contribution is 14.1. The number of methoxy groups -OCH3 is 1. The van der Waals surface area contributed by atoms with Crippen LogP contribution in [-0.4, -0.2) is 41.4 Å². The van der Waals surface area contributed by atoms with Gasteiger partial charge in [0.05, 0.1) is 37.1 Å². The Balaban J connectivity index is 1.71. The van der Waals surface area contributed by atoms with Crippen molar-refractivity contribution >= 4 is 28.6 Å². The summed E-state index contributed by atoms with van der Waals surface area (Å²) >= 11 is 2.30. The van der Waals surface area contributed by atoms with E-state index >= 15 is 4.39 Å². The summed E-state index contributed by atoms with van der Waals surface area (Å²) in [7, 11) is 1.63. The predicted molar refractivity (Wildman–Crippen MR) is 147 cm³/mol. The van der Waals surface area contributed by atoms with Gasteiger partial charge in [-0.05, 0) is 75.9 Å². The minimum Gasteiger partial charge on any atom is -0.497 e. The summed E-state index contributed by atoms with van der Waals surface area (Å²) in [6, 6.07) is 16.3. The summed E-state index contributed by atoms with van der Waals surface area (Å²) in [5.74, 6) is -0.475. The zero-order chi connectivity index (χ0) is 26.1. The molecule has 0 saturated carbocycles. The second kappa shape index (κ2) is 13.5. The molecular weight excluding hydrogens is 574 g/mol. The van der Waals surface area contributed by atoms with Gasteiger partial charge >= 0.3 is 5.97 Å². The van der Waals surface area contributed by atoms with Gasteiger partial charge in [0.2, 0.25) is 0 Å². The molecule has 0 aromatic heterocycles. The fourth-order valence-electron chi connectivity index (χ4n) is 4.46. The number of ether oxygens (including phenoxy) is 4. The third-order valence-electron chi connectivity index (χ3n) is 6.31. The van der Waals surface area contributed by atoms with Gasteiger partial charge in [-0.25, -0.2) is 9.18 Å². The first-order valence-electron chi connectivity index (χ1n) is 12.3. The van der Waals surface area contributed by atoms with Crippen molar-refractivity contribution in [1.82, 2.24) is 0 Å². The van der Waals surface area contributed by atoms with Crippen LogP contribution in [0.5, 0.6) is 5.75 Å². The molecule has 2 aromatic rings. The van der Waals surface area contributed by atoms with Crippen molar-refractivity contribution in [3.05, 3.63) is 77.6 Å². The zero-order valence-electron chi connectivity index (χ0n) is 21.4. The quantitative estimate of drug-likeness (QED) is 0.146. The van der Waals surface area contributed by atoms with Gasteiger partial charge in [-0.3, -0.25) is 0 Å². The van der Waals surface area contributed by atoms with Crippen LogP contribution >= 0.6 is 22.6 Å². The van der Waals surface area contributed by atoms with Gasteiger partial charge in [0.25, 0.3) is 0 Å². The third-order valence-corrected chi connectivity index (χ3v) is 6.93. The van der Waals surface area contributed by atoms with Crippen molar-refractivity contribution in [3.63, 3.8) is 0 Å².